The van der Waals surface area contributed by atoms with Gasteiger partial charge in [-0.1, -0.05) is 19.1 Å². The second-order valence-electron chi connectivity index (χ2n) is 5.45. The van der Waals surface area contributed by atoms with Gasteiger partial charge in [0.05, 0.1) is 4.92 Å². The van der Waals surface area contributed by atoms with Crippen LogP contribution in [0.15, 0.2) is 24.3 Å². The van der Waals surface area contributed by atoms with Gasteiger partial charge in [0.2, 0.25) is 0 Å². The third kappa shape index (κ3) is 4.01. The number of ether oxygens (including phenoxy) is 1. The van der Waals surface area contributed by atoms with Crippen LogP contribution in [-0.4, -0.2) is 24.7 Å². The average molecular weight is 264 g/mol. The topological polar surface area (TPSA) is 64.4 Å². The molecule has 1 heterocycles. The predicted molar refractivity (Wildman–Crippen MR) is 73.0 cm³/mol. The molecule has 1 N–H and O–H groups in total. The number of rotatable bonds is 5. The summed E-state index contributed by atoms with van der Waals surface area (Å²) in [4.78, 5) is 10.2. The lowest BCUT2D eigenvalue weighted by molar-refractivity contribution is -0.384. The largest absolute Gasteiger partial charge is 0.381 e. The number of hydrogen-bond donors (Lipinski definition) is 1. The van der Waals surface area contributed by atoms with E-state index in [0.717, 1.165) is 44.7 Å². The first-order chi connectivity index (χ1) is 9.09. The Hall–Kier alpha value is -1.46. The highest BCUT2D eigenvalue weighted by molar-refractivity contribution is 5.32. The molecule has 2 rings (SSSR count). The molecule has 0 bridgehead atoms. The quantitative estimate of drug-likeness (QED) is 0.655. The van der Waals surface area contributed by atoms with E-state index in [-0.39, 0.29) is 10.6 Å². The molecule has 5 heteroatoms. The van der Waals surface area contributed by atoms with Crippen LogP contribution < -0.4 is 5.32 Å². The summed E-state index contributed by atoms with van der Waals surface area (Å²) in [6.45, 7) is 5.66. The van der Waals surface area contributed by atoms with E-state index < -0.39 is 0 Å². The lowest BCUT2D eigenvalue weighted by Gasteiger charge is -2.33. The monoisotopic (exact) mass is 264 g/mol. The molecule has 19 heavy (non-hydrogen) atoms. The number of non-ortho nitro benzene ring substituents is 1. The van der Waals surface area contributed by atoms with Crippen molar-refractivity contribution in [3.05, 3.63) is 39.9 Å². The van der Waals surface area contributed by atoms with Crippen molar-refractivity contribution < 1.29 is 9.66 Å². The molecule has 0 unspecified atom stereocenters. The van der Waals surface area contributed by atoms with Gasteiger partial charge in [-0.25, -0.2) is 0 Å². The Morgan fingerprint density at radius 2 is 1.95 bits per heavy atom. The van der Waals surface area contributed by atoms with Crippen LogP contribution in [0.2, 0.25) is 0 Å². The summed E-state index contributed by atoms with van der Waals surface area (Å²) < 4.78 is 5.37. The van der Waals surface area contributed by atoms with Gasteiger partial charge >= 0.3 is 0 Å². The van der Waals surface area contributed by atoms with Crippen LogP contribution in [0.3, 0.4) is 0 Å². The highest BCUT2D eigenvalue weighted by atomic mass is 16.6. The number of benzene rings is 1. The molecule has 104 valence electrons. The number of nitro groups is 1. The Morgan fingerprint density at radius 1 is 1.32 bits per heavy atom. The van der Waals surface area contributed by atoms with Crippen LogP contribution in [0.1, 0.15) is 25.3 Å². The first-order valence-corrected chi connectivity index (χ1v) is 6.61. The van der Waals surface area contributed by atoms with E-state index in [0.29, 0.717) is 5.41 Å². The standard InChI is InChI=1S/C14H20N2O3/c1-14(6-8-19-9-7-14)11-15-10-12-2-4-13(5-3-12)16(17)18/h2-5,15H,6-11H2,1H3. The molecule has 1 aliphatic heterocycles. The highest BCUT2D eigenvalue weighted by Gasteiger charge is 2.26. The molecule has 0 atom stereocenters. The normalized spacial score (nSPS) is 18.2. The van der Waals surface area contributed by atoms with E-state index in [1.54, 1.807) is 24.3 Å². The van der Waals surface area contributed by atoms with Gasteiger partial charge in [-0.15, -0.1) is 0 Å². The van der Waals surface area contributed by atoms with Gasteiger partial charge in [0.15, 0.2) is 0 Å². The molecule has 0 spiro atoms. The minimum absolute atomic E-state index is 0.139. The molecule has 1 aromatic rings. The second kappa shape index (κ2) is 6.12. The predicted octanol–water partition coefficient (Wildman–Crippen LogP) is 2.50. The molecule has 0 radical (unpaired) electrons. The van der Waals surface area contributed by atoms with Gasteiger partial charge in [-0.3, -0.25) is 10.1 Å². The van der Waals surface area contributed by atoms with E-state index in [1.807, 2.05) is 0 Å². The smallest absolute Gasteiger partial charge is 0.269 e. The molecular weight excluding hydrogens is 244 g/mol. The van der Waals surface area contributed by atoms with Crippen molar-refractivity contribution in [2.75, 3.05) is 19.8 Å². The van der Waals surface area contributed by atoms with E-state index >= 15 is 0 Å². The maximum absolute atomic E-state index is 10.6. The second-order valence-corrected chi connectivity index (χ2v) is 5.45. The van der Waals surface area contributed by atoms with Crippen LogP contribution in [0, 0.1) is 15.5 Å². The van der Waals surface area contributed by atoms with Gasteiger partial charge < -0.3 is 10.1 Å². The van der Waals surface area contributed by atoms with Gasteiger partial charge in [0.25, 0.3) is 5.69 Å². The molecule has 1 saturated heterocycles. The summed E-state index contributed by atoms with van der Waals surface area (Å²) in [5, 5.41) is 14.0. The first-order valence-electron chi connectivity index (χ1n) is 6.61. The van der Waals surface area contributed by atoms with Crippen molar-refractivity contribution in [3.8, 4) is 0 Å². The van der Waals surface area contributed by atoms with E-state index in [4.69, 9.17) is 4.74 Å². The molecule has 1 aliphatic rings. The minimum atomic E-state index is -0.375. The molecule has 1 fully saturated rings. The number of nitrogens with one attached hydrogen (secondary N) is 1. The van der Waals surface area contributed by atoms with Crippen LogP contribution in [0.5, 0.6) is 0 Å². The zero-order valence-corrected chi connectivity index (χ0v) is 11.2. The van der Waals surface area contributed by atoms with Crippen molar-refractivity contribution in [2.45, 2.75) is 26.3 Å². The van der Waals surface area contributed by atoms with Crippen molar-refractivity contribution >= 4 is 5.69 Å². The third-order valence-electron chi connectivity index (χ3n) is 3.73. The number of hydrogen-bond acceptors (Lipinski definition) is 4. The first kappa shape index (κ1) is 14.0. The fourth-order valence-electron chi connectivity index (χ4n) is 2.29. The van der Waals surface area contributed by atoms with Crippen molar-refractivity contribution in [1.29, 1.82) is 0 Å². The zero-order chi connectivity index (χ0) is 13.7. The Morgan fingerprint density at radius 3 is 2.53 bits per heavy atom. The molecule has 0 aliphatic carbocycles. The van der Waals surface area contributed by atoms with Crippen LogP contribution in [-0.2, 0) is 11.3 Å². The van der Waals surface area contributed by atoms with Crippen molar-refractivity contribution in [1.82, 2.24) is 5.32 Å². The summed E-state index contributed by atoms with van der Waals surface area (Å²) in [5.41, 5.74) is 1.51. The fraction of sp³-hybridized carbons (Fsp3) is 0.571. The molecule has 1 aromatic carbocycles. The number of nitro benzene ring substituents is 1. The maximum atomic E-state index is 10.6. The molecule has 0 saturated carbocycles. The van der Waals surface area contributed by atoms with Gasteiger partial charge in [-0.2, -0.15) is 0 Å². The summed E-state index contributed by atoms with van der Waals surface area (Å²) in [7, 11) is 0. The molecule has 5 nitrogen and oxygen atoms in total. The van der Waals surface area contributed by atoms with E-state index in [9.17, 15) is 10.1 Å². The SMILES string of the molecule is CC1(CNCc2ccc([N+](=O)[O-])cc2)CCOCC1. The maximum Gasteiger partial charge on any atom is 0.269 e. The summed E-state index contributed by atoms with van der Waals surface area (Å²) in [6, 6.07) is 6.70. The summed E-state index contributed by atoms with van der Waals surface area (Å²) in [5.74, 6) is 0. The van der Waals surface area contributed by atoms with Crippen molar-refractivity contribution in [3.63, 3.8) is 0 Å². The lowest BCUT2D eigenvalue weighted by atomic mass is 9.82. The van der Waals surface area contributed by atoms with Crippen molar-refractivity contribution in [2.24, 2.45) is 5.41 Å². The third-order valence-corrected chi connectivity index (χ3v) is 3.73. The minimum Gasteiger partial charge on any atom is -0.381 e. The molecular formula is C14H20N2O3. The molecule has 0 aromatic heterocycles. The van der Waals surface area contributed by atoms with Crippen LogP contribution >= 0.6 is 0 Å². The summed E-state index contributed by atoms with van der Waals surface area (Å²) >= 11 is 0. The highest BCUT2D eigenvalue weighted by Crippen LogP contribution is 2.28. The lowest BCUT2D eigenvalue weighted by Crippen LogP contribution is -2.36. The summed E-state index contributed by atoms with van der Waals surface area (Å²) in [6.07, 6.45) is 2.17. The Bertz CT molecular complexity index is 425. The van der Waals surface area contributed by atoms with Crippen LogP contribution in [0.25, 0.3) is 0 Å². The van der Waals surface area contributed by atoms with E-state index in [1.165, 1.54) is 0 Å². The van der Waals surface area contributed by atoms with E-state index in [2.05, 4.69) is 12.2 Å². The van der Waals surface area contributed by atoms with Gasteiger partial charge in [0.1, 0.15) is 0 Å². The Balaban J connectivity index is 1.80. The Kier molecular flexibility index (Phi) is 4.50. The number of nitrogens with zero attached hydrogens (tertiary/aromatic N) is 1. The zero-order valence-electron chi connectivity index (χ0n) is 11.2. The fourth-order valence-corrected chi connectivity index (χ4v) is 2.29. The van der Waals surface area contributed by atoms with Crippen LogP contribution in [0.4, 0.5) is 5.69 Å². The average Bonchev–Trinajstić information content (AvgIpc) is 2.40. The van der Waals surface area contributed by atoms with Gasteiger partial charge in [0, 0.05) is 38.4 Å². The molecule has 0 amide bonds. The van der Waals surface area contributed by atoms with Gasteiger partial charge in [-0.05, 0) is 23.8 Å². The Labute approximate surface area is 113 Å².